The smallest absolute Gasteiger partial charge is 0.318 e. The zero-order valence-corrected chi connectivity index (χ0v) is 9.14. The van der Waals surface area contributed by atoms with Gasteiger partial charge in [0.2, 0.25) is 0 Å². The molecule has 0 aromatic heterocycles. The van der Waals surface area contributed by atoms with Gasteiger partial charge in [0.25, 0.3) is 0 Å². The lowest BCUT2D eigenvalue weighted by molar-refractivity contribution is 0.242. The molecule has 0 aromatic carbocycles. The van der Waals surface area contributed by atoms with Gasteiger partial charge < -0.3 is 10.6 Å². The van der Waals surface area contributed by atoms with Gasteiger partial charge in [-0.05, 0) is 19.3 Å². The molecule has 0 atom stereocenters. The minimum absolute atomic E-state index is 0.102. The Hall–Kier alpha value is -0.990. The van der Waals surface area contributed by atoms with Gasteiger partial charge in [-0.15, -0.1) is 0 Å². The predicted octanol–water partition coefficient (Wildman–Crippen LogP) is 2.25. The van der Waals surface area contributed by atoms with E-state index in [1.165, 1.54) is 0 Å². The van der Waals surface area contributed by atoms with Crippen molar-refractivity contribution in [2.45, 2.75) is 40.7 Å². The van der Waals surface area contributed by atoms with E-state index in [9.17, 15) is 4.79 Å². The molecule has 2 amide bonds. The van der Waals surface area contributed by atoms with Crippen molar-refractivity contribution in [3.63, 3.8) is 0 Å². The van der Waals surface area contributed by atoms with Crippen molar-refractivity contribution in [3.05, 3.63) is 12.3 Å². The van der Waals surface area contributed by atoms with E-state index in [-0.39, 0.29) is 17.5 Å². The van der Waals surface area contributed by atoms with Crippen LogP contribution >= 0.6 is 0 Å². The highest BCUT2D eigenvalue weighted by atomic mass is 16.2. The van der Waals surface area contributed by atoms with Crippen LogP contribution in [0.2, 0.25) is 0 Å². The van der Waals surface area contributed by atoms with Crippen molar-refractivity contribution in [1.29, 1.82) is 0 Å². The maximum absolute atomic E-state index is 11.1. The average Bonchev–Trinajstić information content (AvgIpc) is 1.81. The van der Waals surface area contributed by atoms with Crippen LogP contribution in [0.5, 0.6) is 0 Å². The fourth-order valence-electron chi connectivity index (χ4n) is 0.671. The Bertz CT molecular complexity index is 190. The largest absolute Gasteiger partial charge is 0.336 e. The highest BCUT2D eigenvalue weighted by molar-refractivity contribution is 5.75. The summed E-state index contributed by atoms with van der Waals surface area (Å²) in [5, 5.41) is 5.37. The second-order valence-corrected chi connectivity index (χ2v) is 4.47. The minimum Gasteiger partial charge on any atom is -0.336 e. The molecule has 0 spiro atoms. The number of allylic oxidation sites excluding steroid dienone is 1. The number of urea groups is 1. The highest BCUT2D eigenvalue weighted by Gasteiger charge is 2.04. The van der Waals surface area contributed by atoms with Gasteiger partial charge in [0, 0.05) is 12.2 Å². The summed E-state index contributed by atoms with van der Waals surface area (Å²) in [5.41, 5.74) is 0.102. The summed E-state index contributed by atoms with van der Waals surface area (Å²) in [7, 11) is 0. The standard InChI is InChI=1S/C10H20N2O/c1-8(2)12-9(13)11-7-6-10(3,4)5/h6-8H,1-5H3,(H2,11,12,13)/b7-6+. The zero-order chi connectivity index (χ0) is 10.5. The molecule has 0 aromatic rings. The Morgan fingerprint density at radius 2 is 1.85 bits per heavy atom. The van der Waals surface area contributed by atoms with Gasteiger partial charge in [-0.3, -0.25) is 0 Å². The lowest BCUT2D eigenvalue weighted by Crippen LogP contribution is -2.36. The Kier molecular flexibility index (Phi) is 4.52. The molecule has 0 aliphatic heterocycles. The van der Waals surface area contributed by atoms with E-state index in [0.717, 1.165) is 0 Å². The number of rotatable bonds is 2. The van der Waals surface area contributed by atoms with Crippen molar-refractivity contribution in [1.82, 2.24) is 10.6 Å². The molecule has 0 saturated carbocycles. The first kappa shape index (κ1) is 12.0. The predicted molar refractivity (Wildman–Crippen MR) is 55.4 cm³/mol. The summed E-state index contributed by atoms with van der Waals surface area (Å²) < 4.78 is 0. The van der Waals surface area contributed by atoms with E-state index in [0.29, 0.717) is 0 Å². The molecule has 0 bridgehead atoms. The monoisotopic (exact) mass is 184 g/mol. The van der Waals surface area contributed by atoms with Crippen LogP contribution in [0.4, 0.5) is 4.79 Å². The van der Waals surface area contributed by atoms with Crippen molar-refractivity contribution in [2.75, 3.05) is 0 Å². The van der Waals surface area contributed by atoms with E-state index in [2.05, 4.69) is 31.4 Å². The lowest BCUT2D eigenvalue weighted by atomic mass is 9.97. The van der Waals surface area contributed by atoms with Crippen molar-refractivity contribution in [2.24, 2.45) is 5.41 Å². The van der Waals surface area contributed by atoms with Crippen LogP contribution in [0.3, 0.4) is 0 Å². The van der Waals surface area contributed by atoms with Crippen LogP contribution in [-0.4, -0.2) is 12.1 Å². The fourth-order valence-corrected chi connectivity index (χ4v) is 0.671. The van der Waals surface area contributed by atoms with Gasteiger partial charge in [0.15, 0.2) is 0 Å². The third-order valence-electron chi connectivity index (χ3n) is 1.22. The molecule has 0 aliphatic carbocycles. The molecule has 76 valence electrons. The molecule has 0 radical (unpaired) electrons. The van der Waals surface area contributed by atoms with Gasteiger partial charge in [0.1, 0.15) is 0 Å². The molecule has 0 unspecified atom stereocenters. The van der Waals surface area contributed by atoms with Gasteiger partial charge in [-0.25, -0.2) is 4.79 Å². The number of carbonyl (C=O) groups excluding carboxylic acids is 1. The molecule has 0 saturated heterocycles. The van der Waals surface area contributed by atoms with Crippen molar-refractivity contribution in [3.8, 4) is 0 Å². The second-order valence-electron chi connectivity index (χ2n) is 4.47. The number of amides is 2. The third-order valence-corrected chi connectivity index (χ3v) is 1.22. The Morgan fingerprint density at radius 3 is 2.23 bits per heavy atom. The van der Waals surface area contributed by atoms with Crippen LogP contribution in [0.15, 0.2) is 12.3 Å². The van der Waals surface area contributed by atoms with Gasteiger partial charge in [-0.2, -0.15) is 0 Å². The normalized spacial score (nSPS) is 12.2. The van der Waals surface area contributed by atoms with E-state index < -0.39 is 0 Å². The summed E-state index contributed by atoms with van der Waals surface area (Å²) in [6.07, 6.45) is 3.63. The van der Waals surface area contributed by atoms with Crippen LogP contribution in [0.1, 0.15) is 34.6 Å². The maximum atomic E-state index is 11.1. The first-order valence-corrected chi connectivity index (χ1v) is 4.56. The van der Waals surface area contributed by atoms with Gasteiger partial charge in [0.05, 0.1) is 0 Å². The molecule has 13 heavy (non-hydrogen) atoms. The van der Waals surface area contributed by atoms with Crippen LogP contribution in [0, 0.1) is 5.41 Å². The van der Waals surface area contributed by atoms with Gasteiger partial charge in [-0.1, -0.05) is 26.8 Å². The maximum Gasteiger partial charge on any atom is 0.318 e. The number of hydrogen-bond acceptors (Lipinski definition) is 1. The molecule has 3 heteroatoms. The van der Waals surface area contributed by atoms with E-state index in [1.54, 1.807) is 6.20 Å². The Labute approximate surface area is 80.6 Å². The van der Waals surface area contributed by atoms with Crippen LogP contribution < -0.4 is 10.6 Å². The second kappa shape index (κ2) is 4.90. The SMILES string of the molecule is CC(C)NC(=O)N/C=C/C(C)(C)C. The molecule has 0 fully saturated rings. The van der Waals surface area contributed by atoms with Crippen molar-refractivity contribution < 1.29 is 4.79 Å². The minimum atomic E-state index is -0.157. The Morgan fingerprint density at radius 1 is 1.31 bits per heavy atom. The summed E-state index contributed by atoms with van der Waals surface area (Å²) in [6, 6.07) is 0.0125. The van der Waals surface area contributed by atoms with E-state index >= 15 is 0 Å². The lowest BCUT2D eigenvalue weighted by Gasteiger charge is -2.12. The number of hydrogen-bond donors (Lipinski definition) is 2. The summed E-state index contributed by atoms with van der Waals surface area (Å²) in [4.78, 5) is 11.1. The average molecular weight is 184 g/mol. The molecule has 0 heterocycles. The molecular weight excluding hydrogens is 164 g/mol. The third kappa shape index (κ3) is 8.92. The molecule has 0 aliphatic rings. The summed E-state index contributed by atoms with van der Waals surface area (Å²) in [6.45, 7) is 10.1. The molecule has 2 N–H and O–H groups in total. The Balaban J connectivity index is 3.77. The van der Waals surface area contributed by atoms with Gasteiger partial charge >= 0.3 is 6.03 Å². The fraction of sp³-hybridized carbons (Fsp3) is 0.700. The molecule has 3 nitrogen and oxygen atoms in total. The molecular formula is C10H20N2O. The van der Waals surface area contributed by atoms with Crippen molar-refractivity contribution >= 4 is 6.03 Å². The first-order valence-electron chi connectivity index (χ1n) is 4.56. The van der Waals surface area contributed by atoms with E-state index in [1.807, 2.05) is 19.9 Å². The highest BCUT2D eigenvalue weighted by Crippen LogP contribution is 2.13. The topological polar surface area (TPSA) is 41.1 Å². The number of nitrogens with one attached hydrogen (secondary N) is 2. The zero-order valence-electron chi connectivity index (χ0n) is 9.14. The van der Waals surface area contributed by atoms with E-state index in [4.69, 9.17) is 0 Å². The number of carbonyl (C=O) groups is 1. The first-order chi connectivity index (χ1) is 5.81. The molecule has 0 rings (SSSR count). The van der Waals surface area contributed by atoms with Crippen LogP contribution in [0.25, 0.3) is 0 Å². The quantitative estimate of drug-likeness (QED) is 0.679. The summed E-state index contributed by atoms with van der Waals surface area (Å²) in [5.74, 6) is 0. The van der Waals surface area contributed by atoms with Crippen LogP contribution in [-0.2, 0) is 0 Å². The summed E-state index contributed by atoms with van der Waals surface area (Å²) >= 11 is 0.